The van der Waals surface area contributed by atoms with E-state index in [4.69, 9.17) is 9.47 Å². The van der Waals surface area contributed by atoms with Crippen LogP contribution in [0.15, 0.2) is 53.4 Å². The van der Waals surface area contributed by atoms with E-state index in [-0.39, 0.29) is 28.8 Å². The summed E-state index contributed by atoms with van der Waals surface area (Å²) in [5.74, 6) is 1.13. The molecule has 1 N–H and O–H groups in total. The first-order valence-electron chi connectivity index (χ1n) is 9.53. The molecule has 1 aliphatic heterocycles. The topological polar surface area (TPSA) is 84.9 Å². The van der Waals surface area contributed by atoms with Crippen LogP contribution in [0.2, 0.25) is 0 Å². The number of likely N-dealkylation sites (tertiary alicyclic amines) is 1. The number of hydrogen-bond donors (Lipinski definition) is 1. The lowest BCUT2D eigenvalue weighted by Gasteiger charge is -2.32. The number of nitrogens with zero attached hydrogens (tertiary/aromatic N) is 1. The number of carbonyl (C=O) groups excluding carboxylic acids is 1. The van der Waals surface area contributed by atoms with Gasteiger partial charge in [0.2, 0.25) is 10.0 Å². The highest BCUT2D eigenvalue weighted by Gasteiger charge is 2.47. The number of nitrogens with one attached hydrogen (secondary N) is 1. The van der Waals surface area contributed by atoms with Crippen LogP contribution in [0.25, 0.3) is 0 Å². The zero-order chi connectivity index (χ0) is 20.6. The molecular weight excluding hydrogens is 392 g/mol. The number of rotatable bonds is 6. The summed E-state index contributed by atoms with van der Waals surface area (Å²) < 4.78 is 38.6. The van der Waals surface area contributed by atoms with Crippen LogP contribution < -0.4 is 14.2 Å². The van der Waals surface area contributed by atoms with Crippen molar-refractivity contribution < 1.29 is 22.7 Å². The minimum absolute atomic E-state index is 0.0315. The van der Waals surface area contributed by atoms with Gasteiger partial charge in [-0.3, -0.25) is 4.79 Å². The predicted molar refractivity (Wildman–Crippen MR) is 108 cm³/mol. The standard InChI is InChI=1S/C21H24N2O5S/c1-27-19-9-8-14(11-20(19)28-2)21(24)23-13-15-10-16(23)12-18(15)22-29(25,26)17-6-4-3-5-7-17/h3-9,11,15-16,18,22H,10,12-13H2,1-2H3. The minimum Gasteiger partial charge on any atom is -0.493 e. The lowest BCUT2D eigenvalue weighted by molar-refractivity contribution is 0.0691. The first-order valence-corrected chi connectivity index (χ1v) is 11.0. The Balaban J connectivity index is 1.45. The van der Waals surface area contributed by atoms with Crippen molar-refractivity contribution in [1.29, 1.82) is 0 Å². The van der Waals surface area contributed by atoms with Crippen molar-refractivity contribution in [3.8, 4) is 11.5 Å². The SMILES string of the molecule is COc1ccc(C(=O)N2CC3CC2CC3NS(=O)(=O)c2ccccc2)cc1OC. The monoisotopic (exact) mass is 416 g/mol. The average molecular weight is 416 g/mol. The molecule has 0 radical (unpaired) electrons. The lowest BCUT2D eigenvalue weighted by Crippen LogP contribution is -2.47. The van der Waals surface area contributed by atoms with Crippen molar-refractivity contribution in [3.05, 3.63) is 54.1 Å². The Morgan fingerprint density at radius 3 is 2.38 bits per heavy atom. The van der Waals surface area contributed by atoms with Gasteiger partial charge in [0.15, 0.2) is 11.5 Å². The molecule has 0 spiro atoms. The minimum atomic E-state index is -3.56. The van der Waals surface area contributed by atoms with Crippen LogP contribution in [0.1, 0.15) is 23.2 Å². The summed E-state index contributed by atoms with van der Waals surface area (Å²) in [6.45, 7) is 0.541. The molecule has 4 rings (SSSR count). The molecule has 7 nitrogen and oxygen atoms in total. The molecule has 3 unspecified atom stereocenters. The van der Waals surface area contributed by atoms with Gasteiger partial charge in [-0.1, -0.05) is 18.2 Å². The molecule has 2 aromatic rings. The van der Waals surface area contributed by atoms with Gasteiger partial charge in [-0.25, -0.2) is 13.1 Å². The zero-order valence-corrected chi connectivity index (χ0v) is 17.2. The quantitative estimate of drug-likeness (QED) is 0.781. The Hall–Kier alpha value is -2.58. The van der Waals surface area contributed by atoms with Crippen LogP contribution in [0.4, 0.5) is 0 Å². The van der Waals surface area contributed by atoms with Crippen molar-refractivity contribution in [2.24, 2.45) is 5.92 Å². The largest absolute Gasteiger partial charge is 0.493 e. The highest BCUT2D eigenvalue weighted by atomic mass is 32.2. The lowest BCUT2D eigenvalue weighted by atomic mass is 10.0. The van der Waals surface area contributed by atoms with Gasteiger partial charge in [-0.05, 0) is 49.1 Å². The molecule has 1 saturated carbocycles. The predicted octanol–water partition coefficient (Wildman–Crippen LogP) is 2.29. The van der Waals surface area contributed by atoms with Gasteiger partial charge in [0.05, 0.1) is 19.1 Å². The van der Waals surface area contributed by atoms with Gasteiger partial charge < -0.3 is 14.4 Å². The molecule has 2 aliphatic rings. The number of methoxy groups -OCH3 is 2. The van der Waals surface area contributed by atoms with Crippen LogP contribution >= 0.6 is 0 Å². The molecule has 3 atom stereocenters. The van der Waals surface area contributed by atoms with E-state index in [1.54, 1.807) is 55.6 Å². The van der Waals surface area contributed by atoms with Crippen LogP contribution in [0.3, 0.4) is 0 Å². The third kappa shape index (κ3) is 3.70. The Bertz CT molecular complexity index is 1010. The molecule has 8 heteroatoms. The number of fused-ring (bicyclic) bond motifs is 2. The van der Waals surface area contributed by atoms with Gasteiger partial charge >= 0.3 is 0 Å². The first kappa shape index (κ1) is 19.7. The van der Waals surface area contributed by atoms with Crippen molar-refractivity contribution in [2.75, 3.05) is 20.8 Å². The van der Waals surface area contributed by atoms with Crippen molar-refractivity contribution in [2.45, 2.75) is 29.8 Å². The fourth-order valence-electron chi connectivity index (χ4n) is 4.35. The molecule has 1 heterocycles. The molecular formula is C21H24N2O5S. The summed E-state index contributed by atoms with van der Waals surface area (Å²) in [7, 11) is -0.471. The number of amides is 1. The first-order chi connectivity index (χ1) is 13.9. The third-order valence-electron chi connectivity index (χ3n) is 5.79. The molecule has 2 fully saturated rings. The summed E-state index contributed by atoms with van der Waals surface area (Å²) in [5, 5.41) is 0. The van der Waals surface area contributed by atoms with E-state index in [9.17, 15) is 13.2 Å². The maximum atomic E-state index is 13.0. The third-order valence-corrected chi connectivity index (χ3v) is 7.30. The molecule has 1 aliphatic carbocycles. The van der Waals surface area contributed by atoms with E-state index in [1.165, 1.54) is 7.11 Å². The van der Waals surface area contributed by atoms with Crippen LogP contribution in [-0.2, 0) is 10.0 Å². The molecule has 1 amide bonds. The molecule has 0 aromatic heterocycles. The van der Waals surface area contributed by atoms with Gasteiger partial charge in [0, 0.05) is 24.2 Å². The van der Waals surface area contributed by atoms with Gasteiger partial charge in [0.1, 0.15) is 0 Å². The highest BCUT2D eigenvalue weighted by Crippen LogP contribution is 2.39. The maximum Gasteiger partial charge on any atom is 0.254 e. The summed E-state index contributed by atoms with van der Waals surface area (Å²) in [4.78, 5) is 15.1. The van der Waals surface area contributed by atoms with Crippen LogP contribution in [0, 0.1) is 5.92 Å². The van der Waals surface area contributed by atoms with E-state index in [0.717, 1.165) is 6.42 Å². The van der Waals surface area contributed by atoms with Crippen molar-refractivity contribution in [1.82, 2.24) is 9.62 Å². The summed E-state index contributed by atoms with van der Waals surface area (Å²) >= 11 is 0. The van der Waals surface area contributed by atoms with Crippen molar-refractivity contribution >= 4 is 15.9 Å². The molecule has 29 heavy (non-hydrogen) atoms. The zero-order valence-electron chi connectivity index (χ0n) is 16.4. The number of benzene rings is 2. The fourth-order valence-corrected chi connectivity index (χ4v) is 5.69. The second kappa shape index (κ2) is 7.68. The van der Waals surface area contributed by atoms with E-state index in [0.29, 0.717) is 30.0 Å². The Labute approximate surface area is 170 Å². The van der Waals surface area contributed by atoms with E-state index in [2.05, 4.69) is 4.72 Å². The van der Waals surface area contributed by atoms with E-state index >= 15 is 0 Å². The molecule has 1 saturated heterocycles. The van der Waals surface area contributed by atoms with Crippen LogP contribution in [-0.4, -0.2) is 52.1 Å². The van der Waals surface area contributed by atoms with Gasteiger partial charge in [0.25, 0.3) is 5.91 Å². The number of ether oxygens (including phenoxy) is 2. The van der Waals surface area contributed by atoms with Crippen LogP contribution in [0.5, 0.6) is 11.5 Å². The Morgan fingerprint density at radius 2 is 1.76 bits per heavy atom. The summed E-state index contributed by atoms with van der Waals surface area (Å²) in [5.41, 5.74) is 0.539. The van der Waals surface area contributed by atoms with Gasteiger partial charge in [-0.2, -0.15) is 0 Å². The number of carbonyl (C=O) groups is 1. The molecule has 2 bridgehead atoms. The molecule has 154 valence electrons. The average Bonchev–Trinajstić information content (AvgIpc) is 3.33. The number of piperidine rings is 1. The van der Waals surface area contributed by atoms with E-state index in [1.807, 2.05) is 4.90 Å². The van der Waals surface area contributed by atoms with Crippen molar-refractivity contribution in [3.63, 3.8) is 0 Å². The summed E-state index contributed by atoms with van der Waals surface area (Å²) in [6, 6.07) is 13.4. The molecule has 2 aromatic carbocycles. The Kier molecular flexibility index (Phi) is 5.23. The maximum absolute atomic E-state index is 13.0. The second-order valence-corrected chi connectivity index (χ2v) is 9.17. The van der Waals surface area contributed by atoms with Gasteiger partial charge in [-0.15, -0.1) is 0 Å². The Morgan fingerprint density at radius 1 is 1.03 bits per heavy atom. The summed E-state index contributed by atoms with van der Waals surface area (Å²) in [6.07, 6.45) is 1.43. The van der Waals surface area contributed by atoms with E-state index < -0.39 is 10.0 Å². The second-order valence-electron chi connectivity index (χ2n) is 7.45. The smallest absolute Gasteiger partial charge is 0.254 e. The number of hydrogen-bond acceptors (Lipinski definition) is 5. The number of sulfonamides is 1. The fraction of sp³-hybridized carbons (Fsp3) is 0.381. The normalized spacial score (nSPS) is 23.2. The highest BCUT2D eigenvalue weighted by molar-refractivity contribution is 7.89.